The minimum absolute atomic E-state index is 0.225. The number of fused-ring (bicyclic) bond motifs is 2. The molecule has 0 radical (unpaired) electrons. The van der Waals surface area contributed by atoms with Gasteiger partial charge in [0.05, 0.1) is 20.6 Å². The quantitative estimate of drug-likeness (QED) is 0.539. The normalized spacial score (nSPS) is 11.8. The van der Waals surface area contributed by atoms with Gasteiger partial charge in [-0.05, 0) is 24.1 Å². The molecule has 0 amide bonds. The van der Waals surface area contributed by atoms with E-state index >= 15 is 0 Å². The van der Waals surface area contributed by atoms with E-state index in [1.165, 1.54) is 15.9 Å². The fourth-order valence-electron chi connectivity index (χ4n) is 3.08. The molecule has 4 aromatic rings. The van der Waals surface area contributed by atoms with Crippen LogP contribution in [0.4, 0.5) is 0 Å². The summed E-state index contributed by atoms with van der Waals surface area (Å²) in [6.07, 6.45) is 0.678. The first-order valence-electron chi connectivity index (χ1n) is 8.50. The van der Waals surface area contributed by atoms with Gasteiger partial charge in [-0.25, -0.2) is 9.78 Å². The smallest absolute Gasteiger partial charge is 0.284 e. The van der Waals surface area contributed by atoms with E-state index in [4.69, 9.17) is 0 Å². The Morgan fingerprint density at radius 1 is 1.15 bits per heavy atom. The van der Waals surface area contributed by atoms with Crippen LogP contribution in [0.3, 0.4) is 0 Å². The topological polar surface area (TPSA) is 56.9 Å². The summed E-state index contributed by atoms with van der Waals surface area (Å²) in [4.78, 5) is 31.6. The highest BCUT2D eigenvalue weighted by Crippen LogP contribution is 2.28. The Morgan fingerprint density at radius 3 is 2.65 bits per heavy atom. The number of thiazole rings is 1. The van der Waals surface area contributed by atoms with E-state index < -0.39 is 0 Å². The van der Waals surface area contributed by atoms with E-state index in [1.54, 1.807) is 23.0 Å². The summed E-state index contributed by atoms with van der Waals surface area (Å²) in [5.74, 6) is 0.322. The van der Waals surface area contributed by atoms with E-state index in [9.17, 15) is 9.59 Å². The lowest BCUT2D eigenvalue weighted by Gasteiger charge is -2.11. The molecular formula is C19H19N3O2S2. The van der Waals surface area contributed by atoms with E-state index in [0.29, 0.717) is 24.3 Å². The van der Waals surface area contributed by atoms with Crippen LogP contribution in [0, 0.1) is 5.92 Å². The third-order valence-electron chi connectivity index (χ3n) is 4.27. The van der Waals surface area contributed by atoms with Crippen molar-refractivity contribution in [3.05, 3.63) is 61.1 Å². The van der Waals surface area contributed by atoms with Crippen LogP contribution in [-0.4, -0.2) is 14.1 Å². The second-order valence-corrected chi connectivity index (χ2v) is 9.07. The maximum Gasteiger partial charge on any atom is 0.331 e. The summed E-state index contributed by atoms with van der Waals surface area (Å²) in [7, 11) is 1.55. The van der Waals surface area contributed by atoms with Crippen molar-refractivity contribution in [2.45, 2.75) is 26.8 Å². The zero-order valence-corrected chi connectivity index (χ0v) is 16.5. The molecule has 0 spiro atoms. The van der Waals surface area contributed by atoms with Gasteiger partial charge in [-0.1, -0.05) is 26.0 Å². The van der Waals surface area contributed by atoms with Crippen LogP contribution >= 0.6 is 22.7 Å². The highest BCUT2D eigenvalue weighted by atomic mass is 32.1. The molecule has 1 aromatic carbocycles. The maximum absolute atomic E-state index is 12.5. The van der Waals surface area contributed by atoms with Crippen molar-refractivity contribution in [2.24, 2.45) is 13.0 Å². The number of hydrogen-bond donors (Lipinski definition) is 0. The van der Waals surface area contributed by atoms with Gasteiger partial charge in [0.1, 0.15) is 4.83 Å². The molecule has 3 aromatic heterocycles. The summed E-state index contributed by atoms with van der Waals surface area (Å²) in [5.41, 5.74) is 0.530. The molecule has 0 saturated heterocycles. The molecule has 0 aliphatic rings. The summed E-state index contributed by atoms with van der Waals surface area (Å²) in [6.45, 7) is 4.74. The molecule has 7 heteroatoms. The Kier molecular flexibility index (Phi) is 4.28. The first-order chi connectivity index (χ1) is 12.4. The summed E-state index contributed by atoms with van der Waals surface area (Å²) < 4.78 is 4.10. The number of hydrogen-bond acceptors (Lipinski definition) is 5. The fraction of sp³-hybridized carbons (Fsp3) is 0.316. The van der Waals surface area contributed by atoms with E-state index in [2.05, 4.69) is 24.9 Å². The van der Waals surface area contributed by atoms with Crippen molar-refractivity contribution in [3.8, 4) is 0 Å². The molecular weight excluding hydrogens is 366 g/mol. The zero-order valence-electron chi connectivity index (χ0n) is 14.9. The Balaban J connectivity index is 1.83. The van der Waals surface area contributed by atoms with Crippen LogP contribution in [0.2, 0.25) is 0 Å². The summed E-state index contributed by atoms with van der Waals surface area (Å²) in [5, 5.41) is 1.64. The Morgan fingerprint density at radius 2 is 1.92 bits per heavy atom. The number of para-hydroxylation sites is 1. The average molecular weight is 386 g/mol. The molecule has 0 saturated carbocycles. The van der Waals surface area contributed by atoms with Gasteiger partial charge in [-0.15, -0.1) is 22.7 Å². The third-order valence-corrected chi connectivity index (χ3v) is 6.47. The monoisotopic (exact) mass is 385 g/mol. The van der Waals surface area contributed by atoms with Crippen LogP contribution in [0.1, 0.15) is 23.7 Å². The molecule has 0 unspecified atom stereocenters. The first kappa shape index (κ1) is 17.2. The van der Waals surface area contributed by atoms with Crippen LogP contribution in [0.15, 0.2) is 39.9 Å². The van der Waals surface area contributed by atoms with Crippen LogP contribution in [0.25, 0.3) is 20.4 Å². The van der Waals surface area contributed by atoms with Crippen molar-refractivity contribution < 1.29 is 0 Å². The van der Waals surface area contributed by atoms with Gasteiger partial charge in [-0.2, -0.15) is 0 Å². The fourth-order valence-corrected chi connectivity index (χ4v) is 5.31. The number of thiophene rings is 1. The van der Waals surface area contributed by atoms with Crippen molar-refractivity contribution in [2.75, 3.05) is 0 Å². The third kappa shape index (κ3) is 2.91. The standard InChI is InChI=1S/C19H19N3O2S2/c1-11(2)10-22-18-13(17(23)21(3)19(22)24)8-12(25-18)9-16-20-14-6-4-5-7-15(14)26-16/h4-8,11H,9-10H2,1-3H3. The Labute approximate surface area is 158 Å². The van der Waals surface area contributed by atoms with Gasteiger partial charge in [-0.3, -0.25) is 13.9 Å². The predicted molar refractivity (Wildman–Crippen MR) is 109 cm³/mol. The largest absolute Gasteiger partial charge is 0.331 e. The second-order valence-electron chi connectivity index (χ2n) is 6.83. The second kappa shape index (κ2) is 6.48. The number of nitrogens with zero attached hydrogens (tertiary/aromatic N) is 3. The molecule has 0 aliphatic heterocycles. The maximum atomic E-state index is 12.5. The minimum Gasteiger partial charge on any atom is -0.284 e. The van der Waals surface area contributed by atoms with Gasteiger partial charge in [0.25, 0.3) is 5.56 Å². The van der Waals surface area contributed by atoms with Gasteiger partial charge in [0.2, 0.25) is 0 Å². The van der Waals surface area contributed by atoms with Crippen LogP contribution in [-0.2, 0) is 20.0 Å². The van der Waals surface area contributed by atoms with Crippen molar-refractivity contribution >= 4 is 43.1 Å². The average Bonchev–Trinajstić information content (AvgIpc) is 3.20. The molecule has 0 bridgehead atoms. The lowest BCUT2D eigenvalue weighted by molar-refractivity contribution is 0.504. The Bertz CT molecular complexity index is 1190. The van der Waals surface area contributed by atoms with Crippen molar-refractivity contribution in [1.29, 1.82) is 0 Å². The van der Waals surface area contributed by atoms with Gasteiger partial charge < -0.3 is 0 Å². The van der Waals surface area contributed by atoms with Crippen LogP contribution < -0.4 is 11.2 Å². The van der Waals surface area contributed by atoms with Crippen molar-refractivity contribution in [3.63, 3.8) is 0 Å². The molecule has 0 atom stereocenters. The molecule has 4 rings (SSSR count). The van der Waals surface area contributed by atoms with Gasteiger partial charge in [0, 0.05) is 24.9 Å². The van der Waals surface area contributed by atoms with Gasteiger partial charge in [0.15, 0.2) is 0 Å². The zero-order chi connectivity index (χ0) is 18.4. The number of benzene rings is 1. The SMILES string of the molecule is CC(C)Cn1c(=O)n(C)c(=O)c2cc(Cc3nc4ccccc4s3)sc21. The lowest BCUT2D eigenvalue weighted by atomic mass is 10.2. The number of rotatable bonds is 4. The molecule has 5 nitrogen and oxygen atoms in total. The van der Waals surface area contributed by atoms with E-state index in [0.717, 1.165) is 24.9 Å². The molecule has 26 heavy (non-hydrogen) atoms. The molecule has 3 heterocycles. The van der Waals surface area contributed by atoms with E-state index in [1.807, 2.05) is 24.3 Å². The summed E-state index contributed by atoms with van der Waals surface area (Å²) in [6, 6.07) is 10.00. The molecule has 0 aliphatic carbocycles. The predicted octanol–water partition coefficient (Wildman–Crippen LogP) is 3.62. The minimum atomic E-state index is -0.246. The first-order valence-corrected chi connectivity index (χ1v) is 10.1. The highest BCUT2D eigenvalue weighted by molar-refractivity contribution is 7.20. The van der Waals surface area contributed by atoms with Crippen LogP contribution in [0.5, 0.6) is 0 Å². The Hall–Kier alpha value is -2.25. The van der Waals surface area contributed by atoms with Crippen molar-refractivity contribution in [1.82, 2.24) is 14.1 Å². The molecule has 134 valence electrons. The number of aromatic nitrogens is 3. The summed E-state index contributed by atoms with van der Waals surface area (Å²) >= 11 is 3.20. The lowest BCUT2D eigenvalue weighted by Crippen LogP contribution is -2.38. The van der Waals surface area contributed by atoms with E-state index in [-0.39, 0.29) is 11.2 Å². The molecule has 0 fully saturated rings. The van der Waals surface area contributed by atoms with Gasteiger partial charge >= 0.3 is 5.69 Å². The molecule has 0 N–H and O–H groups in total. The highest BCUT2D eigenvalue weighted by Gasteiger charge is 2.16.